The number of halogens is 5. The van der Waals surface area contributed by atoms with Crippen LogP contribution in [0.4, 0.5) is 22.0 Å². The van der Waals surface area contributed by atoms with E-state index in [0.29, 0.717) is 21.8 Å². The Morgan fingerprint density at radius 1 is 0.786 bits per heavy atom. The molecule has 0 aliphatic carbocycles. The number of ether oxygens (including phenoxy) is 1. The maximum Gasteiger partial charge on any atom is 0.573 e. The average Bonchev–Trinajstić information content (AvgIpc) is 2.61. The summed E-state index contributed by atoms with van der Waals surface area (Å²) in [5.74, 6) is -1.56. The van der Waals surface area contributed by atoms with E-state index in [1.165, 1.54) is 54.6 Å². The van der Waals surface area contributed by atoms with Crippen LogP contribution in [0, 0.1) is 11.6 Å². The summed E-state index contributed by atoms with van der Waals surface area (Å²) in [5.41, 5.74) is 1.52. The zero-order valence-corrected chi connectivity index (χ0v) is 14.5. The fourth-order valence-electron chi connectivity index (χ4n) is 3.45. The van der Waals surface area contributed by atoms with Crippen LogP contribution in [0.15, 0.2) is 60.7 Å². The molecule has 1 heterocycles. The van der Waals surface area contributed by atoms with E-state index in [-0.39, 0.29) is 11.1 Å². The number of aromatic nitrogens is 1. The number of pyridine rings is 1. The number of aryl methyl sites for hydroxylation is 1. The quantitative estimate of drug-likeness (QED) is 0.245. The minimum atomic E-state index is -4.91. The summed E-state index contributed by atoms with van der Waals surface area (Å²) >= 11 is 0. The van der Waals surface area contributed by atoms with E-state index in [9.17, 15) is 22.0 Å². The smallest absolute Gasteiger partial charge is 0.405 e. The van der Waals surface area contributed by atoms with E-state index in [2.05, 4.69) is 4.74 Å². The lowest BCUT2D eigenvalue weighted by atomic mass is 9.95. The summed E-state index contributed by atoms with van der Waals surface area (Å²) in [6, 6.07) is 13.6. The third kappa shape index (κ3) is 3.13. The van der Waals surface area contributed by atoms with Gasteiger partial charge in [0.1, 0.15) is 24.4 Å². The number of nitrogens with zero attached hydrogens (tertiary/aromatic N) is 1. The SMILES string of the molecule is C[n+]1c2ccc(F)cc2c(-c2ccccc2OC(F)(F)F)c2cc(F)ccc21. The molecular weight excluding hydrogens is 377 g/mol. The van der Waals surface area contributed by atoms with Gasteiger partial charge in [0.05, 0.1) is 10.8 Å². The normalized spacial score (nSPS) is 11.9. The van der Waals surface area contributed by atoms with Crippen molar-refractivity contribution in [2.45, 2.75) is 6.36 Å². The molecule has 0 unspecified atom stereocenters. The van der Waals surface area contributed by atoms with Crippen LogP contribution in [-0.4, -0.2) is 6.36 Å². The van der Waals surface area contributed by atoms with Crippen LogP contribution >= 0.6 is 0 Å². The molecule has 0 N–H and O–H groups in total. The molecule has 3 aromatic carbocycles. The molecule has 0 radical (unpaired) electrons. The third-order valence-electron chi connectivity index (χ3n) is 4.56. The number of alkyl halides is 3. The van der Waals surface area contributed by atoms with Crippen LogP contribution in [-0.2, 0) is 7.05 Å². The fraction of sp³-hybridized carbons (Fsp3) is 0.0952. The van der Waals surface area contributed by atoms with Crippen molar-refractivity contribution >= 4 is 21.8 Å². The number of hydrogen-bond donors (Lipinski definition) is 0. The van der Waals surface area contributed by atoms with E-state index in [1.807, 2.05) is 0 Å². The fourth-order valence-corrected chi connectivity index (χ4v) is 3.45. The zero-order chi connectivity index (χ0) is 20.1. The van der Waals surface area contributed by atoms with Crippen molar-refractivity contribution in [3.05, 3.63) is 72.3 Å². The molecule has 1 aromatic heterocycles. The monoisotopic (exact) mass is 390 g/mol. The zero-order valence-electron chi connectivity index (χ0n) is 14.5. The molecular formula is C21H13F5NO+. The standard InChI is InChI=1S/C21H13F5NO/c1-27-17-8-6-12(22)10-15(17)20(16-11-13(23)7-9-18(16)27)14-4-2-3-5-19(14)28-21(24,25)26/h2-11H,1H3/q+1. The van der Waals surface area contributed by atoms with E-state index in [1.54, 1.807) is 17.7 Å². The highest BCUT2D eigenvalue weighted by atomic mass is 19.4. The molecule has 0 aliphatic heterocycles. The highest BCUT2D eigenvalue weighted by Crippen LogP contribution is 2.40. The molecule has 4 rings (SSSR count). The molecule has 0 amide bonds. The molecule has 0 spiro atoms. The summed E-state index contributed by atoms with van der Waals surface area (Å²) < 4.78 is 72.7. The van der Waals surface area contributed by atoms with Gasteiger partial charge in [0.15, 0.2) is 0 Å². The molecule has 28 heavy (non-hydrogen) atoms. The van der Waals surface area contributed by atoms with Crippen LogP contribution in [0.3, 0.4) is 0 Å². The van der Waals surface area contributed by atoms with E-state index < -0.39 is 23.7 Å². The maximum absolute atomic E-state index is 14.0. The number of para-hydroxylation sites is 1. The lowest BCUT2D eigenvalue weighted by molar-refractivity contribution is -0.617. The topological polar surface area (TPSA) is 13.1 Å². The van der Waals surface area contributed by atoms with Gasteiger partial charge in [0.25, 0.3) is 0 Å². The van der Waals surface area contributed by atoms with Crippen molar-refractivity contribution < 1.29 is 31.3 Å². The molecule has 0 aliphatic rings. The molecule has 2 nitrogen and oxygen atoms in total. The number of rotatable bonds is 2. The van der Waals surface area contributed by atoms with Gasteiger partial charge in [0.2, 0.25) is 11.0 Å². The molecule has 0 bridgehead atoms. The Bertz CT molecular complexity index is 1150. The molecule has 0 saturated heterocycles. The average molecular weight is 390 g/mol. The first kappa shape index (κ1) is 18.2. The Balaban J connectivity index is 2.18. The van der Waals surface area contributed by atoms with E-state index in [4.69, 9.17) is 0 Å². The first-order valence-corrected chi connectivity index (χ1v) is 8.30. The summed E-state index contributed by atoms with van der Waals surface area (Å²) in [4.78, 5) is 0. The summed E-state index contributed by atoms with van der Waals surface area (Å²) in [5, 5.41) is 0.692. The van der Waals surface area contributed by atoms with E-state index >= 15 is 0 Å². The van der Waals surface area contributed by atoms with Crippen LogP contribution in [0.5, 0.6) is 5.75 Å². The molecule has 4 aromatic rings. The Morgan fingerprint density at radius 3 is 1.86 bits per heavy atom. The van der Waals surface area contributed by atoms with Crippen LogP contribution < -0.4 is 9.30 Å². The van der Waals surface area contributed by atoms with Crippen molar-refractivity contribution in [1.29, 1.82) is 0 Å². The summed E-state index contributed by atoms with van der Waals surface area (Å²) in [6.07, 6.45) is -4.91. The minimum Gasteiger partial charge on any atom is -0.405 e. The second-order valence-electron chi connectivity index (χ2n) is 6.30. The first-order chi connectivity index (χ1) is 13.2. The molecule has 0 saturated carbocycles. The van der Waals surface area contributed by atoms with Gasteiger partial charge in [-0.15, -0.1) is 13.2 Å². The molecule has 0 fully saturated rings. The van der Waals surface area contributed by atoms with Gasteiger partial charge in [-0.25, -0.2) is 8.78 Å². The molecule has 0 atom stereocenters. The predicted molar refractivity (Wildman–Crippen MR) is 94.7 cm³/mol. The number of fused-ring (bicyclic) bond motifs is 2. The molecule has 142 valence electrons. The van der Waals surface area contributed by atoms with Gasteiger partial charge < -0.3 is 4.74 Å². The highest BCUT2D eigenvalue weighted by molar-refractivity contribution is 6.08. The van der Waals surface area contributed by atoms with Crippen LogP contribution in [0.25, 0.3) is 32.9 Å². The molecule has 7 heteroatoms. The Labute approximate surface area is 156 Å². The Kier molecular flexibility index (Phi) is 4.18. The van der Waals surface area contributed by atoms with Gasteiger partial charge >= 0.3 is 6.36 Å². The van der Waals surface area contributed by atoms with Crippen molar-refractivity contribution in [2.24, 2.45) is 7.05 Å². The van der Waals surface area contributed by atoms with Crippen LogP contribution in [0.2, 0.25) is 0 Å². The van der Waals surface area contributed by atoms with Crippen LogP contribution in [0.1, 0.15) is 0 Å². The first-order valence-electron chi connectivity index (χ1n) is 8.30. The van der Waals surface area contributed by atoms with Gasteiger partial charge in [-0.1, -0.05) is 18.2 Å². The second-order valence-corrected chi connectivity index (χ2v) is 6.30. The lowest BCUT2D eigenvalue weighted by Gasteiger charge is -2.16. The van der Waals surface area contributed by atoms with Crippen molar-refractivity contribution in [2.75, 3.05) is 0 Å². The van der Waals surface area contributed by atoms with Crippen molar-refractivity contribution in [3.63, 3.8) is 0 Å². The van der Waals surface area contributed by atoms with E-state index in [0.717, 1.165) is 0 Å². The maximum atomic E-state index is 14.0. The van der Waals surface area contributed by atoms with Gasteiger partial charge in [-0.3, -0.25) is 0 Å². The third-order valence-corrected chi connectivity index (χ3v) is 4.56. The van der Waals surface area contributed by atoms with Crippen molar-refractivity contribution in [3.8, 4) is 16.9 Å². The van der Waals surface area contributed by atoms with Gasteiger partial charge in [-0.05, 0) is 30.3 Å². The van der Waals surface area contributed by atoms with Crippen molar-refractivity contribution in [1.82, 2.24) is 0 Å². The minimum absolute atomic E-state index is 0.0895. The highest BCUT2D eigenvalue weighted by Gasteiger charge is 2.33. The second kappa shape index (κ2) is 6.44. The van der Waals surface area contributed by atoms with Gasteiger partial charge in [0, 0.05) is 23.3 Å². The lowest BCUT2D eigenvalue weighted by Crippen LogP contribution is -2.30. The summed E-state index contributed by atoms with van der Waals surface area (Å²) in [7, 11) is 1.72. The number of hydrogen-bond acceptors (Lipinski definition) is 1. The Morgan fingerprint density at radius 2 is 1.32 bits per heavy atom. The summed E-state index contributed by atoms with van der Waals surface area (Å²) in [6.45, 7) is 0. The number of benzene rings is 3. The van der Waals surface area contributed by atoms with Gasteiger partial charge in [-0.2, -0.15) is 4.57 Å². The largest absolute Gasteiger partial charge is 0.573 e. The Hall–Kier alpha value is -3.22. The predicted octanol–water partition coefficient (Wildman–Crippen LogP) is 5.66.